The summed E-state index contributed by atoms with van der Waals surface area (Å²) in [5, 5.41) is 10.7. The van der Waals surface area contributed by atoms with Gasteiger partial charge >= 0.3 is 22.2 Å². The van der Waals surface area contributed by atoms with Crippen LogP contribution in [0.4, 0.5) is 10.6 Å². The van der Waals surface area contributed by atoms with Crippen LogP contribution in [-0.2, 0) is 28.3 Å². The maximum absolute atomic E-state index is 13.0. The maximum Gasteiger partial charge on any atom is 0.442 e. The van der Waals surface area contributed by atoms with Crippen LogP contribution >= 0.6 is 11.3 Å². The molecule has 5 heterocycles. The Morgan fingerprint density at radius 3 is 2.87 bits per heavy atom. The first-order valence-corrected chi connectivity index (χ1v) is 10.9. The van der Waals surface area contributed by atoms with Gasteiger partial charge in [-0.2, -0.15) is 18.6 Å². The Bertz CT molecular complexity index is 1350. The molecular formula is C14H14N8O7S2. The van der Waals surface area contributed by atoms with Crippen LogP contribution in [0.3, 0.4) is 0 Å². The van der Waals surface area contributed by atoms with Crippen molar-refractivity contribution in [2.75, 3.05) is 12.3 Å². The standard InChI is InChI=1S/C14H14N8O7S2/c1-19-10-6(2-16-19)7-3-20(13(23)22(7)29-31(25,26)27)11(10)12-18-28-14(24)21(12)4-9-17-8(15)5-30-9/h2,5,7,11H,3-4,15H2,1H3,(H,25,26,27)/t7-,11-/m0/s1. The van der Waals surface area contributed by atoms with Crippen LogP contribution in [0.15, 0.2) is 20.9 Å². The maximum atomic E-state index is 13.0. The Kier molecular flexibility index (Phi) is 4.19. The van der Waals surface area contributed by atoms with E-state index in [-0.39, 0.29) is 18.9 Å². The lowest BCUT2D eigenvalue weighted by Crippen LogP contribution is -2.38. The van der Waals surface area contributed by atoms with Gasteiger partial charge in [0.1, 0.15) is 22.9 Å². The van der Waals surface area contributed by atoms with Crippen LogP contribution in [-0.4, -0.2) is 60.0 Å². The average molecular weight is 470 g/mol. The van der Waals surface area contributed by atoms with Crippen molar-refractivity contribution < 1.29 is 26.6 Å². The van der Waals surface area contributed by atoms with E-state index in [0.29, 0.717) is 27.1 Å². The fourth-order valence-electron chi connectivity index (χ4n) is 3.84. The third-order valence-electron chi connectivity index (χ3n) is 5.03. The number of aryl methyl sites for hydroxylation is 1. The number of amides is 2. The number of nitrogen functional groups attached to an aromatic ring is 1. The van der Waals surface area contributed by atoms with Crippen molar-refractivity contribution >= 4 is 33.6 Å². The second-order valence-corrected chi connectivity index (χ2v) is 8.80. The smallest absolute Gasteiger partial charge is 0.383 e. The van der Waals surface area contributed by atoms with Gasteiger partial charge in [-0.05, 0) is 0 Å². The van der Waals surface area contributed by atoms with Gasteiger partial charge in [0, 0.05) is 18.0 Å². The van der Waals surface area contributed by atoms with Crippen molar-refractivity contribution in [3.63, 3.8) is 0 Å². The summed E-state index contributed by atoms with van der Waals surface area (Å²) < 4.78 is 43.7. The zero-order valence-electron chi connectivity index (χ0n) is 15.6. The highest BCUT2D eigenvalue weighted by molar-refractivity contribution is 7.80. The van der Waals surface area contributed by atoms with Crippen LogP contribution in [0.5, 0.6) is 0 Å². The van der Waals surface area contributed by atoms with Gasteiger partial charge in [-0.25, -0.2) is 14.6 Å². The zero-order valence-corrected chi connectivity index (χ0v) is 17.3. The molecule has 3 N–H and O–H groups in total. The molecule has 2 bridgehead atoms. The largest absolute Gasteiger partial charge is 0.442 e. The Labute approximate surface area is 177 Å². The van der Waals surface area contributed by atoms with Crippen LogP contribution in [0.1, 0.15) is 34.2 Å². The molecular weight excluding hydrogens is 456 g/mol. The predicted octanol–water partition coefficient (Wildman–Crippen LogP) is -0.727. The molecule has 0 radical (unpaired) electrons. The molecule has 2 atom stereocenters. The molecule has 2 amide bonds. The molecule has 0 spiro atoms. The van der Waals surface area contributed by atoms with E-state index in [1.165, 1.54) is 31.7 Å². The number of anilines is 1. The lowest BCUT2D eigenvalue weighted by Gasteiger charge is -2.30. The molecule has 17 heteroatoms. The second kappa shape index (κ2) is 6.61. The van der Waals surface area contributed by atoms with E-state index < -0.39 is 34.3 Å². The van der Waals surface area contributed by atoms with Crippen molar-refractivity contribution in [1.29, 1.82) is 0 Å². The number of thiazole rings is 1. The van der Waals surface area contributed by atoms with E-state index in [2.05, 4.69) is 19.5 Å². The first-order chi connectivity index (χ1) is 14.6. The Morgan fingerprint density at radius 1 is 1.42 bits per heavy atom. The van der Waals surface area contributed by atoms with Crippen LogP contribution in [0, 0.1) is 0 Å². The molecule has 0 aliphatic carbocycles. The molecule has 1 fully saturated rings. The van der Waals surface area contributed by atoms with Crippen LogP contribution in [0.2, 0.25) is 0 Å². The topological polar surface area (TPSA) is 192 Å². The fraction of sp³-hybridized carbons (Fsp3) is 0.357. The highest BCUT2D eigenvalue weighted by Gasteiger charge is 2.53. The summed E-state index contributed by atoms with van der Waals surface area (Å²) in [6.07, 6.45) is 1.45. The molecule has 164 valence electrons. The normalized spacial score (nSPS) is 20.5. The lowest BCUT2D eigenvalue weighted by atomic mass is 9.97. The molecule has 3 aromatic rings. The molecule has 15 nitrogen and oxygen atoms in total. The number of nitrogens with two attached hydrogens (primary N) is 1. The third kappa shape index (κ3) is 3.09. The predicted molar refractivity (Wildman–Crippen MR) is 101 cm³/mol. The summed E-state index contributed by atoms with van der Waals surface area (Å²) in [5.74, 6) is -0.385. The van der Waals surface area contributed by atoms with Gasteiger partial charge in [0.05, 0.1) is 25.0 Å². The number of rotatable bonds is 5. The summed E-state index contributed by atoms with van der Waals surface area (Å²) in [6, 6.07) is -2.63. The highest BCUT2D eigenvalue weighted by atomic mass is 32.3. The minimum Gasteiger partial charge on any atom is -0.383 e. The van der Waals surface area contributed by atoms with Gasteiger partial charge in [0.2, 0.25) is 0 Å². The molecule has 1 saturated heterocycles. The van der Waals surface area contributed by atoms with Crippen LogP contribution < -0.4 is 11.5 Å². The monoisotopic (exact) mass is 470 g/mol. The summed E-state index contributed by atoms with van der Waals surface area (Å²) in [4.78, 5) is 30.7. The number of fused-ring (bicyclic) bond motifs is 4. The van der Waals surface area contributed by atoms with Gasteiger partial charge in [-0.3, -0.25) is 18.3 Å². The van der Waals surface area contributed by atoms with E-state index in [1.807, 2.05) is 0 Å². The second-order valence-electron chi connectivity index (χ2n) is 6.85. The SMILES string of the molecule is Cn1ncc2c1[C@@H](c1noc(=O)n1Cc1nc(N)cs1)N1C[C@@H]2N(OS(=O)(=O)O)C1=O. The molecule has 0 saturated carbocycles. The third-order valence-corrected chi connectivity index (χ3v) is 6.23. The molecule has 0 unspecified atom stereocenters. The molecule has 5 rings (SSSR count). The number of nitrogens with zero attached hydrogens (tertiary/aromatic N) is 7. The van der Waals surface area contributed by atoms with Gasteiger partial charge < -0.3 is 10.6 Å². The summed E-state index contributed by atoms with van der Waals surface area (Å²) in [7, 11) is -3.33. The van der Waals surface area contributed by atoms with Crippen molar-refractivity contribution in [3.05, 3.63) is 44.2 Å². The number of hydrogen-bond acceptors (Lipinski definition) is 11. The van der Waals surface area contributed by atoms with Crippen molar-refractivity contribution in [1.82, 2.24) is 34.5 Å². The Hall–Kier alpha value is -3.28. The van der Waals surface area contributed by atoms with E-state index in [9.17, 15) is 18.0 Å². The van der Waals surface area contributed by atoms with Gasteiger partial charge in [-0.15, -0.1) is 15.6 Å². The zero-order chi connectivity index (χ0) is 22.1. The summed E-state index contributed by atoms with van der Waals surface area (Å²) in [6.45, 7) is 0.00285. The first-order valence-electron chi connectivity index (χ1n) is 8.69. The lowest BCUT2D eigenvalue weighted by molar-refractivity contribution is -0.0317. The fourth-order valence-corrected chi connectivity index (χ4v) is 4.88. The Balaban J connectivity index is 1.62. The van der Waals surface area contributed by atoms with E-state index in [1.54, 1.807) is 12.4 Å². The number of aromatic nitrogens is 5. The minimum atomic E-state index is -4.96. The molecule has 2 aliphatic rings. The number of carbonyl (C=O) groups is 1. The van der Waals surface area contributed by atoms with Gasteiger partial charge in [0.25, 0.3) is 0 Å². The molecule has 31 heavy (non-hydrogen) atoms. The van der Waals surface area contributed by atoms with Gasteiger partial charge in [0.15, 0.2) is 5.82 Å². The quantitative estimate of drug-likeness (QED) is 0.447. The van der Waals surface area contributed by atoms with E-state index >= 15 is 0 Å². The van der Waals surface area contributed by atoms with Crippen molar-refractivity contribution in [2.45, 2.75) is 18.6 Å². The van der Waals surface area contributed by atoms with Crippen LogP contribution in [0.25, 0.3) is 0 Å². The molecule has 3 aromatic heterocycles. The summed E-state index contributed by atoms with van der Waals surface area (Å²) >= 11 is 1.24. The molecule has 2 aliphatic heterocycles. The minimum absolute atomic E-state index is 0.0000886. The molecule has 0 aromatic carbocycles. The number of hydrogen-bond donors (Lipinski definition) is 2. The number of carbonyl (C=O) groups excluding carboxylic acids is 1. The van der Waals surface area contributed by atoms with Gasteiger partial charge in [-0.1, -0.05) is 5.16 Å². The van der Waals surface area contributed by atoms with Crippen molar-refractivity contribution in [2.24, 2.45) is 7.05 Å². The summed E-state index contributed by atoms with van der Waals surface area (Å²) in [5.41, 5.74) is 6.60. The highest BCUT2D eigenvalue weighted by Crippen LogP contribution is 2.46. The number of urea groups is 1. The van der Waals surface area contributed by atoms with E-state index in [0.717, 1.165) is 0 Å². The average Bonchev–Trinajstić information content (AvgIpc) is 3.43. The van der Waals surface area contributed by atoms with Crippen molar-refractivity contribution in [3.8, 4) is 0 Å². The van der Waals surface area contributed by atoms with E-state index in [4.69, 9.17) is 14.8 Å². The first kappa shape index (κ1) is 19.7. The number of hydroxylamine groups is 2. The Morgan fingerprint density at radius 2 is 2.19 bits per heavy atom.